The first-order chi connectivity index (χ1) is 8.90. The molecule has 0 bridgehead atoms. The molecule has 1 aromatic rings. The molecule has 0 saturated carbocycles. The highest BCUT2D eigenvalue weighted by Crippen LogP contribution is 2.26. The summed E-state index contributed by atoms with van der Waals surface area (Å²) in [7, 11) is -4.06. The van der Waals surface area contributed by atoms with E-state index in [9.17, 15) is 17.2 Å². The second kappa shape index (κ2) is 5.82. The number of nitrogens with one attached hydrogen (secondary N) is 1. The zero-order valence-corrected chi connectivity index (χ0v) is 12.2. The van der Waals surface area contributed by atoms with Gasteiger partial charge >= 0.3 is 0 Å². The van der Waals surface area contributed by atoms with E-state index < -0.39 is 32.6 Å². The highest BCUT2D eigenvalue weighted by molar-refractivity contribution is 9.10. The molecule has 1 unspecified atom stereocenters. The number of hydrogen-bond acceptors (Lipinski definition) is 3. The fraction of sp³-hybridized carbons (Fsp3) is 0.455. The second-order valence-corrected chi connectivity index (χ2v) is 6.74. The third kappa shape index (κ3) is 3.50. The first kappa shape index (κ1) is 14.8. The minimum atomic E-state index is -4.06. The summed E-state index contributed by atoms with van der Waals surface area (Å²) in [5, 5.41) is 0. The van der Waals surface area contributed by atoms with Gasteiger partial charge in [-0.1, -0.05) is 0 Å². The van der Waals surface area contributed by atoms with Crippen molar-refractivity contribution in [2.45, 2.75) is 23.8 Å². The second-order valence-electron chi connectivity index (χ2n) is 4.23. The summed E-state index contributed by atoms with van der Waals surface area (Å²) >= 11 is 2.87. The van der Waals surface area contributed by atoms with Crippen molar-refractivity contribution >= 4 is 26.0 Å². The van der Waals surface area contributed by atoms with Crippen molar-refractivity contribution in [3.05, 3.63) is 28.2 Å². The van der Waals surface area contributed by atoms with Gasteiger partial charge in [0.1, 0.15) is 16.5 Å². The fourth-order valence-corrected chi connectivity index (χ4v) is 4.32. The third-order valence-corrected chi connectivity index (χ3v) is 5.20. The first-order valence-electron chi connectivity index (χ1n) is 5.65. The van der Waals surface area contributed by atoms with Crippen LogP contribution in [0.1, 0.15) is 12.8 Å². The van der Waals surface area contributed by atoms with Crippen LogP contribution >= 0.6 is 15.9 Å². The standard InChI is InChI=1S/C11H12BrF2NO3S/c12-9-4-7(13)5-10(14)11(9)19(16,17)15-8-2-1-3-18-6-8/h4-5,8,15H,1-3,6H2. The van der Waals surface area contributed by atoms with Crippen LogP contribution < -0.4 is 4.72 Å². The summed E-state index contributed by atoms with van der Waals surface area (Å²) in [4.78, 5) is -0.584. The molecular formula is C11H12BrF2NO3S. The fourth-order valence-electron chi connectivity index (χ4n) is 1.90. The maximum absolute atomic E-state index is 13.6. The Hall–Kier alpha value is -0.570. The van der Waals surface area contributed by atoms with Gasteiger partial charge in [0.2, 0.25) is 10.0 Å². The molecule has 1 aromatic carbocycles. The van der Waals surface area contributed by atoms with E-state index in [1.807, 2.05) is 0 Å². The monoisotopic (exact) mass is 355 g/mol. The quantitative estimate of drug-likeness (QED) is 0.903. The lowest BCUT2D eigenvalue weighted by Crippen LogP contribution is -2.40. The average Bonchev–Trinajstić information content (AvgIpc) is 2.27. The Labute approximate surface area is 118 Å². The zero-order chi connectivity index (χ0) is 14.0. The van der Waals surface area contributed by atoms with E-state index in [0.29, 0.717) is 19.1 Å². The molecule has 1 fully saturated rings. The molecule has 4 nitrogen and oxygen atoms in total. The summed E-state index contributed by atoms with van der Waals surface area (Å²) in [6.45, 7) is 0.840. The smallest absolute Gasteiger partial charge is 0.244 e. The van der Waals surface area contributed by atoms with Crippen LogP contribution in [-0.2, 0) is 14.8 Å². The maximum atomic E-state index is 13.6. The Bertz CT molecular complexity index is 550. The molecule has 1 atom stereocenters. The van der Waals surface area contributed by atoms with E-state index in [4.69, 9.17) is 4.74 Å². The predicted molar refractivity (Wildman–Crippen MR) is 68.2 cm³/mol. The van der Waals surface area contributed by atoms with Crippen LogP contribution in [-0.4, -0.2) is 27.7 Å². The van der Waals surface area contributed by atoms with Gasteiger partial charge in [0, 0.05) is 23.2 Å². The van der Waals surface area contributed by atoms with Crippen molar-refractivity contribution in [3.8, 4) is 0 Å². The van der Waals surface area contributed by atoms with Crippen LogP contribution in [0.4, 0.5) is 8.78 Å². The topological polar surface area (TPSA) is 55.4 Å². The summed E-state index contributed by atoms with van der Waals surface area (Å²) in [5.41, 5.74) is 0. The molecule has 106 valence electrons. The van der Waals surface area contributed by atoms with E-state index in [2.05, 4.69) is 20.7 Å². The zero-order valence-electron chi connectivity index (χ0n) is 9.83. The molecule has 0 spiro atoms. The number of sulfonamides is 1. The molecule has 0 aromatic heterocycles. The number of ether oxygens (including phenoxy) is 1. The van der Waals surface area contributed by atoms with Gasteiger partial charge in [-0.3, -0.25) is 0 Å². The Morgan fingerprint density at radius 1 is 1.37 bits per heavy atom. The highest BCUT2D eigenvalue weighted by atomic mass is 79.9. The van der Waals surface area contributed by atoms with Crippen molar-refractivity contribution in [1.29, 1.82) is 0 Å². The van der Waals surface area contributed by atoms with Crippen molar-refractivity contribution < 1.29 is 21.9 Å². The molecule has 1 aliphatic rings. The normalized spacial score (nSPS) is 20.5. The molecule has 1 N–H and O–H groups in total. The summed E-state index contributed by atoms with van der Waals surface area (Å²) < 4.78 is 58.2. The lowest BCUT2D eigenvalue weighted by atomic mass is 10.1. The lowest BCUT2D eigenvalue weighted by Gasteiger charge is -2.23. The number of benzene rings is 1. The lowest BCUT2D eigenvalue weighted by molar-refractivity contribution is 0.0774. The maximum Gasteiger partial charge on any atom is 0.244 e. The first-order valence-corrected chi connectivity index (χ1v) is 7.92. The highest BCUT2D eigenvalue weighted by Gasteiger charge is 2.27. The average molecular weight is 356 g/mol. The SMILES string of the molecule is O=S(=O)(NC1CCCOC1)c1c(F)cc(F)cc1Br. The Balaban J connectivity index is 2.29. The van der Waals surface area contributed by atoms with Crippen LogP contribution in [0, 0.1) is 11.6 Å². The third-order valence-electron chi connectivity index (χ3n) is 2.71. The summed E-state index contributed by atoms with van der Waals surface area (Å²) in [6.07, 6.45) is 1.36. The predicted octanol–water partition coefficient (Wildman–Crippen LogP) is 2.18. The van der Waals surface area contributed by atoms with Gasteiger partial charge in [-0.05, 0) is 34.8 Å². The summed E-state index contributed by atoms with van der Waals surface area (Å²) in [6, 6.07) is 1.06. The molecule has 0 aliphatic carbocycles. The number of halogens is 3. The molecular weight excluding hydrogens is 344 g/mol. The van der Waals surface area contributed by atoms with Crippen molar-refractivity contribution in [1.82, 2.24) is 4.72 Å². The molecule has 0 amide bonds. The van der Waals surface area contributed by atoms with Gasteiger partial charge in [-0.25, -0.2) is 21.9 Å². The number of rotatable bonds is 3. The molecule has 1 saturated heterocycles. The molecule has 0 radical (unpaired) electrons. The van der Waals surface area contributed by atoms with Gasteiger partial charge in [0.25, 0.3) is 0 Å². The van der Waals surface area contributed by atoms with Gasteiger partial charge in [0.05, 0.1) is 6.61 Å². The van der Waals surface area contributed by atoms with E-state index >= 15 is 0 Å². The van der Waals surface area contributed by atoms with Gasteiger partial charge in [-0.2, -0.15) is 0 Å². The van der Waals surface area contributed by atoms with E-state index in [1.54, 1.807) is 0 Å². The van der Waals surface area contributed by atoms with E-state index in [1.165, 1.54) is 0 Å². The number of hydrogen-bond donors (Lipinski definition) is 1. The Morgan fingerprint density at radius 3 is 2.68 bits per heavy atom. The summed E-state index contributed by atoms with van der Waals surface area (Å²) in [5.74, 6) is -1.97. The minimum absolute atomic E-state index is 0.144. The molecule has 1 aliphatic heterocycles. The molecule has 1 heterocycles. The van der Waals surface area contributed by atoms with Crippen molar-refractivity contribution in [2.24, 2.45) is 0 Å². The van der Waals surface area contributed by atoms with Gasteiger partial charge in [0.15, 0.2) is 0 Å². The van der Waals surface area contributed by atoms with Crippen LogP contribution in [0.5, 0.6) is 0 Å². The van der Waals surface area contributed by atoms with E-state index in [0.717, 1.165) is 12.5 Å². The largest absolute Gasteiger partial charge is 0.380 e. The van der Waals surface area contributed by atoms with Gasteiger partial charge in [-0.15, -0.1) is 0 Å². The molecule has 8 heteroatoms. The van der Waals surface area contributed by atoms with Crippen LogP contribution in [0.3, 0.4) is 0 Å². The Morgan fingerprint density at radius 2 is 2.11 bits per heavy atom. The minimum Gasteiger partial charge on any atom is -0.380 e. The van der Waals surface area contributed by atoms with Crippen LogP contribution in [0.25, 0.3) is 0 Å². The molecule has 19 heavy (non-hydrogen) atoms. The van der Waals surface area contributed by atoms with E-state index in [-0.39, 0.29) is 11.1 Å². The van der Waals surface area contributed by atoms with Gasteiger partial charge < -0.3 is 4.74 Å². The molecule has 2 rings (SSSR count). The van der Waals surface area contributed by atoms with Crippen LogP contribution in [0.2, 0.25) is 0 Å². The van der Waals surface area contributed by atoms with Crippen molar-refractivity contribution in [3.63, 3.8) is 0 Å². The van der Waals surface area contributed by atoms with Crippen molar-refractivity contribution in [2.75, 3.05) is 13.2 Å². The Kier molecular flexibility index (Phi) is 4.54. The van der Waals surface area contributed by atoms with Crippen LogP contribution in [0.15, 0.2) is 21.5 Å².